The van der Waals surface area contributed by atoms with E-state index in [1.54, 1.807) is 0 Å². The lowest BCUT2D eigenvalue weighted by Crippen LogP contribution is -2.14. The molecule has 0 aliphatic carbocycles. The number of H-pyrrole nitrogens is 1. The van der Waals surface area contributed by atoms with Crippen molar-refractivity contribution >= 4 is 15.9 Å². The predicted molar refractivity (Wildman–Crippen MR) is 71.3 cm³/mol. The van der Waals surface area contributed by atoms with Gasteiger partial charge in [-0.15, -0.1) is 0 Å². The molecule has 17 heavy (non-hydrogen) atoms. The fraction of sp³-hybridized carbons (Fsp3) is 0.231. The van der Waals surface area contributed by atoms with Gasteiger partial charge in [-0.2, -0.15) is 0 Å². The SMILES string of the molecule is Cc1ccccc1Cc1nc(C)c(Br)c(=O)[nH]1. The summed E-state index contributed by atoms with van der Waals surface area (Å²) in [6.45, 7) is 3.87. The molecule has 2 aromatic rings. The second kappa shape index (κ2) is 4.84. The summed E-state index contributed by atoms with van der Waals surface area (Å²) >= 11 is 3.21. The maximum absolute atomic E-state index is 11.6. The molecule has 88 valence electrons. The van der Waals surface area contributed by atoms with Gasteiger partial charge in [0, 0.05) is 6.42 Å². The lowest BCUT2D eigenvalue weighted by atomic mass is 10.1. The molecule has 0 radical (unpaired) electrons. The van der Waals surface area contributed by atoms with E-state index in [1.165, 1.54) is 11.1 Å². The summed E-state index contributed by atoms with van der Waals surface area (Å²) in [4.78, 5) is 18.7. The molecule has 0 aliphatic heterocycles. The molecule has 2 rings (SSSR count). The molecule has 1 heterocycles. The Kier molecular flexibility index (Phi) is 3.43. The van der Waals surface area contributed by atoms with Crippen LogP contribution in [0.1, 0.15) is 22.6 Å². The smallest absolute Gasteiger partial charge is 0.265 e. The van der Waals surface area contributed by atoms with E-state index in [-0.39, 0.29) is 5.56 Å². The summed E-state index contributed by atoms with van der Waals surface area (Å²) < 4.78 is 0.506. The number of benzene rings is 1. The highest BCUT2D eigenvalue weighted by Gasteiger charge is 2.06. The number of aromatic nitrogens is 2. The van der Waals surface area contributed by atoms with Crippen molar-refractivity contribution < 1.29 is 0 Å². The molecule has 0 saturated carbocycles. The molecule has 1 N–H and O–H groups in total. The van der Waals surface area contributed by atoms with Gasteiger partial charge in [0.15, 0.2) is 0 Å². The zero-order valence-corrected chi connectivity index (χ0v) is 11.3. The number of rotatable bonds is 2. The van der Waals surface area contributed by atoms with Crippen LogP contribution in [-0.2, 0) is 6.42 Å². The summed E-state index contributed by atoms with van der Waals surface area (Å²) in [7, 11) is 0. The third kappa shape index (κ3) is 2.64. The Hall–Kier alpha value is -1.42. The maximum Gasteiger partial charge on any atom is 0.265 e. The molecule has 0 aliphatic rings. The minimum atomic E-state index is -0.124. The Bertz CT molecular complexity index is 605. The van der Waals surface area contributed by atoms with Gasteiger partial charge in [0.25, 0.3) is 5.56 Å². The van der Waals surface area contributed by atoms with E-state index in [1.807, 2.05) is 25.1 Å². The lowest BCUT2D eigenvalue weighted by molar-refractivity contribution is 0.907. The fourth-order valence-electron chi connectivity index (χ4n) is 1.70. The summed E-state index contributed by atoms with van der Waals surface area (Å²) in [6.07, 6.45) is 0.649. The van der Waals surface area contributed by atoms with Gasteiger partial charge in [-0.1, -0.05) is 24.3 Å². The van der Waals surface area contributed by atoms with Crippen LogP contribution < -0.4 is 5.56 Å². The minimum Gasteiger partial charge on any atom is -0.309 e. The lowest BCUT2D eigenvalue weighted by Gasteiger charge is -2.06. The van der Waals surface area contributed by atoms with Gasteiger partial charge in [0.2, 0.25) is 0 Å². The first-order valence-corrected chi connectivity index (χ1v) is 6.17. The average molecular weight is 293 g/mol. The summed E-state index contributed by atoms with van der Waals surface area (Å²) in [5.74, 6) is 0.699. The molecule has 4 heteroatoms. The summed E-state index contributed by atoms with van der Waals surface area (Å²) in [5, 5.41) is 0. The molecule has 0 spiro atoms. The third-order valence-corrected chi connectivity index (χ3v) is 3.63. The van der Waals surface area contributed by atoms with Crippen LogP contribution in [0.3, 0.4) is 0 Å². The van der Waals surface area contributed by atoms with Crippen molar-refractivity contribution in [3.8, 4) is 0 Å². The predicted octanol–water partition coefficient (Wildman–Crippen LogP) is 2.74. The topological polar surface area (TPSA) is 45.8 Å². The number of halogens is 1. The van der Waals surface area contributed by atoms with Crippen LogP contribution in [0.4, 0.5) is 0 Å². The van der Waals surface area contributed by atoms with E-state index >= 15 is 0 Å². The third-order valence-electron chi connectivity index (χ3n) is 2.70. The van der Waals surface area contributed by atoms with Crippen molar-refractivity contribution in [3.63, 3.8) is 0 Å². The standard InChI is InChI=1S/C13H13BrN2O/c1-8-5-3-4-6-10(8)7-11-15-9(2)12(14)13(17)16-11/h3-6H,7H2,1-2H3,(H,15,16,17). The van der Waals surface area contributed by atoms with Crippen molar-refractivity contribution in [2.75, 3.05) is 0 Å². The van der Waals surface area contributed by atoms with Crippen LogP contribution in [0.2, 0.25) is 0 Å². The first kappa shape index (κ1) is 12.0. The van der Waals surface area contributed by atoms with Crippen molar-refractivity contribution in [1.82, 2.24) is 9.97 Å². The molecule has 1 aromatic heterocycles. The normalized spacial score (nSPS) is 10.5. The Labute approximate surface area is 108 Å². The molecule has 1 aromatic carbocycles. The Morgan fingerprint density at radius 2 is 2.00 bits per heavy atom. The monoisotopic (exact) mass is 292 g/mol. The molecule has 0 saturated heterocycles. The molecule has 3 nitrogen and oxygen atoms in total. The molecule has 0 fully saturated rings. The Morgan fingerprint density at radius 1 is 1.29 bits per heavy atom. The Morgan fingerprint density at radius 3 is 2.65 bits per heavy atom. The van der Waals surface area contributed by atoms with Crippen molar-refractivity contribution in [3.05, 3.63) is 61.7 Å². The second-order valence-corrected chi connectivity index (χ2v) is 4.81. The van der Waals surface area contributed by atoms with Crippen LogP contribution in [0.25, 0.3) is 0 Å². The van der Waals surface area contributed by atoms with Crippen LogP contribution >= 0.6 is 15.9 Å². The van der Waals surface area contributed by atoms with Crippen LogP contribution in [-0.4, -0.2) is 9.97 Å². The van der Waals surface area contributed by atoms with Crippen molar-refractivity contribution in [1.29, 1.82) is 0 Å². The number of nitrogens with one attached hydrogen (secondary N) is 1. The molecule has 0 atom stereocenters. The van der Waals surface area contributed by atoms with Gasteiger partial charge in [0.1, 0.15) is 10.3 Å². The van der Waals surface area contributed by atoms with Gasteiger partial charge in [-0.05, 0) is 40.9 Å². The van der Waals surface area contributed by atoms with Gasteiger partial charge in [0.05, 0.1) is 5.69 Å². The first-order valence-electron chi connectivity index (χ1n) is 5.37. The van der Waals surface area contributed by atoms with Crippen LogP contribution in [0.5, 0.6) is 0 Å². The quantitative estimate of drug-likeness (QED) is 0.925. The van der Waals surface area contributed by atoms with E-state index in [0.29, 0.717) is 16.7 Å². The van der Waals surface area contributed by atoms with E-state index < -0.39 is 0 Å². The largest absolute Gasteiger partial charge is 0.309 e. The molecular weight excluding hydrogens is 280 g/mol. The van der Waals surface area contributed by atoms with E-state index in [0.717, 1.165) is 5.69 Å². The number of hydrogen-bond donors (Lipinski definition) is 1. The summed E-state index contributed by atoms with van der Waals surface area (Å²) in [5.41, 5.74) is 2.98. The highest BCUT2D eigenvalue weighted by molar-refractivity contribution is 9.10. The average Bonchev–Trinajstić information content (AvgIpc) is 2.29. The van der Waals surface area contributed by atoms with Crippen LogP contribution in [0, 0.1) is 13.8 Å². The van der Waals surface area contributed by atoms with Gasteiger partial charge >= 0.3 is 0 Å². The number of aromatic amines is 1. The molecular formula is C13H13BrN2O. The van der Waals surface area contributed by atoms with Crippen molar-refractivity contribution in [2.45, 2.75) is 20.3 Å². The minimum absolute atomic E-state index is 0.124. The Balaban J connectivity index is 2.38. The first-order chi connectivity index (χ1) is 8.08. The van der Waals surface area contributed by atoms with E-state index in [4.69, 9.17) is 0 Å². The van der Waals surface area contributed by atoms with Gasteiger partial charge in [-0.3, -0.25) is 4.79 Å². The van der Waals surface area contributed by atoms with Crippen LogP contribution in [0.15, 0.2) is 33.5 Å². The van der Waals surface area contributed by atoms with Gasteiger partial charge < -0.3 is 4.98 Å². The van der Waals surface area contributed by atoms with Gasteiger partial charge in [-0.25, -0.2) is 4.98 Å². The number of hydrogen-bond acceptors (Lipinski definition) is 2. The number of nitrogens with zero attached hydrogens (tertiary/aromatic N) is 1. The zero-order valence-electron chi connectivity index (χ0n) is 9.75. The zero-order chi connectivity index (χ0) is 12.4. The molecule has 0 bridgehead atoms. The highest BCUT2D eigenvalue weighted by atomic mass is 79.9. The molecule has 0 unspecified atom stereocenters. The van der Waals surface area contributed by atoms with E-state index in [2.05, 4.69) is 38.9 Å². The maximum atomic E-state index is 11.6. The fourth-order valence-corrected chi connectivity index (χ4v) is 1.89. The molecule has 0 amide bonds. The number of aryl methyl sites for hydroxylation is 2. The van der Waals surface area contributed by atoms with Crippen molar-refractivity contribution in [2.24, 2.45) is 0 Å². The van der Waals surface area contributed by atoms with E-state index in [9.17, 15) is 4.79 Å². The second-order valence-electron chi connectivity index (χ2n) is 4.02. The summed E-state index contributed by atoms with van der Waals surface area (Å²) in [6, 6.07) is 8.10. The highest BCUT2D eigenvalue weighted by Crippen LogP contribution is 2.12.